The Morgan fingerprint density at radius 2 is 2.00 bits per heavy atom. The second-order valence-electron chi connectivity index (χ2n) is 4.85. The fraction of sp³-hybridized carbons (Fsp3) is 0.571. The highest BCUT2D eigenvalue weighted by Crippen LogP contribution is 2.24. The van der Waals surface area contributed by atoms with Crippen molar-refractivity contribution >= 4 is 21.6 Å². The predicted octanol–water partition coefficient (Wildman–Crippen LogP) is 3.62. The molecule has 1 atom stereocenters. The molecule has 1 unspecified atom stereocenters. The first-order valence-electron chi connectivity index (χ1n) is 6.71. The number of sulfonamides is 1. The normalized spacial score (nSPS) is 13.7. The highest BCUT2D eigenvalue weighted by atomic mass is 35.5. The lowest BCUT2D eigenvalue weighted by Crippen LogP contribution is -2.35. The van der Waals surface area contributed by atoms with Gasteiger partial charge < -0.3 is 0 Å². The van der Waals surface area contributed by atoms with Gasteiger partial charge in [0.2, 0.25) is 10.0 Å². The minimum atomic E-state index is -3.71. The Bertz CT molecular complexity index is 548. The van der Waals surface area contributed by atoms with Gasteiger partial charge in [0.15, 0.2) is 0 Å². The molecule has 0 heterocycles. The first-order valence-corrected chi connectivity index (χ1v) is 8.68. The Morgan fingerprint density at radius 3 is 2.50 bits per heavy atom. The van der Waals surface area contributed by atoms with Gasteiger partial charge >= 0.3 is 0 Å². The Kier molecular flexibility index (Phi) is 6.43. The molecule has 1 aromatic rings. The van der Waals surface area contributed by atoms with E-state index in [9.17, 15) is 12.8 Å². The molecule has 6 heteroatoms. The molecule has 114 valence electrons. The van der Waals surface area contributed by atoms with Crippen molar-refractivity contribution in [2.24, 2.45) is 5.92 Å². The number of hydrogen-bond acceptors (Lipinski definition) is 2. The van der Waals surface area contributed by atoms with Gasteiger partial charge in [-0.15, -0.1) is 11.6 Å². The molecule has 0 saturated heterocycles. The molecule has 1 aromatic carbocycles. The summed E-state index contributed by atoms with van der Waals surface area (Å²) in [4.78, 5) is -0.0300. The molecule has 0 bridgehead atoms. The van der Waals surface area contributed by atoms with E-state index < -0.39 is 15.8 Å². The van der Waals surface area contributed by atoms with Crippen molar-refractivity contribution in [1.82, 2.24) is 4.31 Å². The summed E-state index contributed by atoms with van der Waals surface area (Å²) in [6.07, 6.45) is 0.886. The van der Waals surface area contributed by atoms with Crippen LogP contribution in [0.2, 0.25) is 0 Å². The molecule has 20 heavy (non-hydrogen) atoms. The molecule has 0 aliphatic carbocycles. The molecule has 3 nitrogen and oxygen atoms in total. The summed E-state index contributed by atoms with van der Waals surface area (Å²) in [5, 5.41) is 0. The van der Waals surface area contributed by atoms with E-state index in [0.717, 1.165) is 12.5 Å². The van der Waals surface area contributed by atoms with Crippen LogP contribution < -0.4 is 0 Å². The van der Waals surface area contributed by atoms with Crippen LogP contribution in [0.1, 0.15) is 32.8 Å². The van der Waals surface area contributed by atoms with Crippen LogP contribution in [-0.2, 0) is 15.9 Å². The van der Waals surface area contributed by atoms with Crippen LogP contribution in [0.5, 0.6) is 0 Å². The van der Waals surface area contributed by atoms with Crippen molar-refractivity contribution in [1.29, 1.82) is 0 Å². The molecule has 0 fully saturated rings. The number of benzene rings is 1. The first-order chi connectivity index (χ1) is 9.36. The van der Waals surface area contributed by atoms with Gasteiger partial charge in [-0.3, -0.25) is 0 Å². The monoisotopic (exact) mass is 321 g/mol. The molecule has 0 amide bonds. The summed E-state index contributed by atoms with van der Waals surface area (Å²) >= 11 is 5.77. The van der Waals surface area contributed by atoms with Gasteiger partial charge in [0.25, 0.3) is 0 Å². The average Bonchev–Trinajstić information content (AvgIpc) is 2.44. The van der Waals surface area contributed by atoms with Crippen LogP contribution in [-0.4, -0.2) is 25.8 Å². The van der Waals surface area contributed by atoms with E-state index in [1.807, 2.05) is 13.8 Å². The maximum Gasteiger partial charge on any atom is 0.243 e. The molecular formula is C14H21ClFNO2S. The van der Waals surface area contributed by atoms with Crippen molar-refractivity contribution in [2.75, 3.05) is 13.1 Å². The summed E-state index contributed by atoms with van der Waals surface area (Å²) in [5.41, 5.74) is 0.427. The van der Waals surface area contributed by atoms with Crippen LogP contribution in [0, 0.1) is 11.7 Å². The lowest BCUT2D eigenvalue weighted by molar-refractivity contribution is 0.361. The van der Waals surface area contributed by atoms with Crippen molar-refractivity contribution in [2.45, 2.75) is 38.0 Å². The van der Waals surface area contributed by atoms with Crippen molar-refractivity contribution in [3.8, 4) is 0 Å². The predicted molar refractivity (Wildman–Crippen MR) is 79.8 cm³/mol. The Labute approximate surface area is 125 Å². The van der Waals surface area contributed by atoms with E-state index in [0.29, 0.717) is 18.7 Å². The van der Waals surface area contributed by atoms with E-state index in [1.165, 1.54) is 16.4 Å². The van der Waals surface area contributed by atoms with Gasteiger partial charge in [-0.05, 0) is 23.6 Å². The number of hydrogen-bond donors (Lipinski definition) is 0. The van der Waals surface area contributed by atoms with Crippen LogP contribution >= 0.6 is 11.6 Å². The van der Waals surface area contributed by atoms with Gasteiger partial charge in [-0.1, -0.05) is 33.3 Å². The van der Waals surface area contributed by atoms with E-state index >= 15 is 0 Å². The van der Waals surface area contributed by atoms with Gasteiger partial charge in [-0.2, -0.15) is 4.31 Å². The molecule has 1 rings (SSSR count). The third-order valence-electron chi connectivity index (χ3n) is 3.36. The van der Waals surface area contributed by atoms with Crippen LogP contribution in [0.3, 0.4) is 0 Å². The third kappa shape index (κ3) is 3.93. The smallest absolute Gasteiger partial charge is 0.207 e. The van der Waals surface area contributed by atoms with E-state index in [4.69, 9.17) is 11.6 Å². The van der Waals surface area contributed by atoms with Crippen molar-refractivity contribution in [3.63, 3.8) is 0 Å². The molecule has 0 aliphatic heterocycles. The molecular weight excluding hydrogens is 301 g/mol. The zero-order valence-corrected chi connectivity index (χ0v) is 13.6. The Balaban J connectivity index is 3.23. The minimum Gasteiger partial charge on any atom is -0.207 e. The Hall–Kier alpha value is -0.650. The maximum atomic E-state index is 13.4. The SMILES string of the molecule is CCC(C)CN(CC)S(=O)(=O)c1cc(F)ccc1CCl. The standard InChI is InChI=1S/C14H21ClFNO2S/c1-4-11(3)10-17(5-2)20(18,19)14-8-13(16)7-6-12(14)9-15/h6-8,11H,4-5,9-10H2,1-3H3. The molecule has 0 N–H and O–H groups in total. The number of rotatable bonds is 7. The molecule has 0 radical (unpaired) electrons. The largest absolute Gasteiger partial charge is 0.243 e. The first kappa shape index (κ1) is 17.4. The second kappa shape index (κ2) is 7.38. The maximum absolute atomic E-state index is 13.4. The van der Waals surface area contributed by atoms with Gasteiger partial charge in [0.1, 0.15) is 5.82 Å². The average molecular weight is 322 g/mol. The summed E-state index contributed by atoms with van der Waals surface area (Å²) < 4.78 is 40.1. The highest BCUT2D eigenvalue weighted by Gasteiger charge is 2.27. The Morgan fingerprint density at radius 1 is 1.35 bits per heavy atom. The second-order valence-corrected chi connectivity index (χ2v) is 7.03. The van der Waals surface area contributed by atoms with Crippen molar-refractivity contribution in [3.05, 3.63) is 29.6 Å². The molecule has 0 saturated carbocycles. The minimum absolute atomic E-state index is 0.0300. The summed E-state index contributed by atoms with van der Waals surface area (Å²) in [6, 6.07) is 3.69. The number of alkyl halides is 1. The quantitative estimate of drug-likeness (QED) is 0.719. The van der Waals surface area contributed by atoms with Crippen LogP contribution in [0.4, 0.5) is 4.39 Å². The zero-order valence-electron chi connectivity index (χ0n) is 12.1. The topological polar surface area (TPSA) is 37.4 Å². The summed E-state index contributed by atoms with van der Waals surface area (Å²) in [5.74, 6) is -0.287. The highest BCUT2D eigenvalue weighted by molar-refractivity contribution is 7.89. The fourth-order valence-corrected chi connectivity index (χ4v) is 4.01. The van der Waals surface area contributed by atoms with Crippen molar-refractivity contribution < 1.29 is 12.8 Å². The summed E-state index contributed by atoms with van der Waals surface area (Å²) in [6.45, 7) is 6.56. The van der Waals surface area contributed by atoms with E-state index in [1.54, 1.807) is 6.92 Å². The number of nitrogens with zero attached hydrogens (tertiary/aromatic N) is 1. The zero-order chi connectivity index (χ0) is 15.3. The van der Waals surface area contributed by atoms with Crippen LogP contribution in [0.25, 0.3) is 0 Å². The molecule has 0 aromatic heterocycles. The number of halogens is 2. The lowest BCUT2D eigenvalue weighted by atomic mass is 10.1. The van der Waals surface area contributed by atoms with E-state index in [-0.39, 0.29) is 16.7 Å². The van der Waals surface area contributed by atoms with Gasteiger partial charge in [-0.25, -0.2) is 12.8 Å². The summed E-state index contributed by atoms with van der Waals surface area (Å²) in [7, 11) is -3.71. The lowest BCUT2D eigenvalue weighted by Gasteiger charge is -2.24. The van der Waals surface area contributed by atoms with Crippen LogP contribution in [0.15, 0.2) is 23.1 Å². The molecule has 0 aliphatic rings. The van der Waals surface area contributed by atoms with E-state index in [2.05, 4.69) is 0 Å². The molecule has 0 spiro atoms. The van der Waals surface area contributed by atoms with Gasteiger partial charge in [0.05, 0.1) is 4.90 Å². The third-order valence-corrected chi connectivity index (χ3v) is 5.67. The van der Waals surface area contributed by atoms with Gasteiger partial charge in [0, 0.05) is 19.0 Å². The fourth-order valence-electron chi connectivity index (χ4n) is 1.89.